The third-order valence-corrected chi connectivity index (χ3v) is 5.78. The Morgan fingerprint density at radius 1 is 1.24 bits per heavy atom. The van der Waals surface area contributed by atoms with Crippen molar-refractivity contribution >= 4 is 29.9 Å². The summed E-state index contributed by atoms with van der Waals surface area (Å²) in [6.07, 6.45) is 4.50. The summed E-state index contributed by atoms with van der Waals surface area (Å²) < 4.78 is 5.55. The highest BCUT2D eigenvalue weighted by atomic mass is 127. The fourth-order valence-electron chi connectivity index (χ4n) is 3.73. The van der Waals surface area contributed by atoms with Crippen LogP contribution in [0.3, 0.4) is 0 Å². The van der Waals surface area contributed by atoms with E-state index in [1.165, 1.54) is 25.9 Å². The lowest BCUT2D eigenvalue weighted by atomic mass is 9.88. The van der Waals surface area contributed by atoms with Crippen LogP contribution in [0.1, 0.15) is 39.5 Å². The van der Waals surface area contributed by atoms with Crippen molar-refractivity contribution in [3.8, 4) is 0 Å². The third-order valence-electron chi connectivity index (χ3n) is 5.78. The number of nitrogens with zero attached hydrogens (tertiary/aromatic N) is 3. The summed E-state index contributed by atoms with van der Waals surface area (Å²) in [5, 5.41) is 7.19. The molecule has 0 radical (unpaired) electrons. The van der Waals surface area contributed by atoms with Gasteiger partial charge in [-0.05, 0) is 53.6 Å². The molecule has 0 atom stereocenters. The highest BCUT2D eigenvalue weighted by molar-refractivity contribution is 14.0. The minimum absolute atomic E-state index is 0. The molecule has 2 fully saturated rings. The SMILES string of the molecule is CN=C(NCC1(N(C)C)CCOCC1)NC1CCN(C(C)C)CC1.I. The van der Waals surface area contributed by atoms with Gasteiger partial charge in [0.05, 0.1) is 0 Å². The van der Waals surface area contributed by atoms with Crippen LogP contribution in [0.15, 0.2) is 4.99 Å². The summed E-state index contributed by atoms with van der Waals surface area (Å²) >= 11 is 0. The summed E-state index contributed by atoms with van der Waals surface area (Å²) in [4.78, 5) is 9.34. The van der Waals surface area contributed by atoms with Gasteiger partial charge in [-0.25, -0.2) is 0 Å². The zero-order chi connectivity index (χ0) is 17.6. The number of rotatable bonds is 5. The average Bonchev–Trinajstić information content (AvgIpc) is 2.59. The number of hydrogen-bond acceptors (Lipinski definition) is 4. The fourth-order valence-corrected chi connectivity index (χ4v) is 3.73. The molecule has 0 aromatic rings. The monoisotopic (exact) mass is 467 g/mol. The Balaban J connectivity index is 0.00000312. The summed E-state index contributed by atoms with van der Waals surface area (Å²) in [5.41, 5.74) is 0.164. The molecule has 0 amide bonds. The molecule has 0 aromatic heterocycles. The Labute approximate surface area is 171 Å². The normalized spacial score (nSPS) is 22.8. The number of aliphatic imine (C=N–C) groups is 1. The number of likely N-dealkylation sites (tertiary alicyclic amines) is 1. The average molecular weight is 467 g/mol. The molecule has 2 saturated heterocycles. The predicted molar refractivity (Wildman–Crippen MR) is 116 cm³/mol. The first-order valence-corrected chi connectivity index (χ1v) is 9.43. The van der Waals surface area contributed by atoms with Crippen LogP contribution in [0.5, 0.6) is 0 Å². The third kappa shape index (κ3) is 6.52. The highest BCUT2D eigenvalue weighted by Gasteiger charge is 2.35. The molecule has 2 rings (SSSR count). The molecular formula is C18H38IN5O. The van der Waals surface area contributed by atoms with E-state index in [1.807, 2.05) is 7.05 Å². The Morgan fingerprint density at radius 2 is 1.84 bits per heavy atom. The van der Waals surface area contributed by atoms with Crippen molar-refractivity contribution < 1.29 is 4.74 Å². The van der Waals surface area contributed by atoms with Gasteiger partial charge in [-0.1, -0.05) is 0 Å². The van der Waals surface area contributed by atoms with Gasteiger partial charge in [-0.15, -0.1) is 24.0 Å². The molecule has 6 nitrogen and oxygen atoms in total. The summed E-state index contributed by atoms with van der Waals surface area (Å²) in [6, 6.07) is 1.17. The van der Waals surface area contributed by atoms with Crippen molar-refractivity contribution in [2.75, 3.05) is 54.0 Å². The Kier molecular flexibility index (Phi) is 9.98. The Morgan fingerprint density at radius 3 is 2.32 bits per heavy atom. The summed E-state index contributed by atoms with van der Waals surface area (Å²) in [6.45, 7) is 9.51. The van der Waals surface area contributed by atoms with Gasteiger partial charge in [-0.2, -0.15) is 0 Å². The van der Waals surface area contributed by atoms with E-state index in [4.69, 9.17) is 4.74 Å². The summed E-state index contributed by atoms with van der Waals surface area (Å²) in [5.74, 6) is 0.936. The molecule has 0 bridgehead atoms. The second-order valence-electron chi connectivity index (χ2n) is 7.71. The van der Waals surface area contributed by atoms with Crippen molar-refractivity contribution in [1.82, 2.24) is 20.4 Å². The minimum atomic E-state index is 0. The van der Waals surface area contributed by atoms with Crippen molar-refractivity contribution in [3.05, 3.63) is 0 Å². The largest absolute Gasteiger partial charge is 0.381 e. The lowest BCUT2D eigenvalue weighted by molar-refractivity contribution is -0.00504. The zero-order valence-electron chi connectivity index (χ0n) is 16.7. The molecule has 25 heavy (non-hydrogen) atoms. The highest BCUT2D eigenvalue weighted by Crippen LogP contribution is 2.25. The second-order valence-corrected chi connectivity index (χ2v) is 7.71. The van der Waals surface area contributed by atoms with E-state index in [0.29, 0.717) is 12.1 Å². The molecule has 0 aliphatic carbocycles. The van der Waals surface area contributed by atoms with Crippen molar-refractivity contribution in [3.63, 3.8) is 0 Å². The van der Waals surface area contributed by atoms with Crippen molar-refractivity contribution in [1.29, 1.82) is 0 Å². The van der Waals surface area contributed by atoms with Gasteiger partial charge in [0.25, 0.3) is 0 Å². The van der Waals surface area contributed by atoms with E-state index in [1.54, 1.807) is 0 Å². The quantitative estimate of drug-likeness (QED) is 0.367. The second kappa shape index (κ2) is 10.9. The molecule has 2 heterocycles. The van der Waals surface area contributed by atoms with Crippen LogP contribution >= 0.6 is 24.0 Å². The first-order chi connectivity index (χ1) is 11.5. The molecule has 2 aliphatic heterocycles. The molecule has 148 valence electrons. The van der Waals surface area contributed by atoms with Gasteiger partial charge in [-0.3, -0.25) is 4.99 Å². The number of likely N-dealkylation sites (N-methyl/N-ethyl adjacent to an activating group) is 1. The van der Waals surface area contributed by atoms with Gasteiger partial charge >= 0.3 is 0 Å². The lowest BCUT2D eigenvalue weighted by Gasteiger charge is -2.43. The van der Waals surface area contributed by atoms with Crippen LogP contribution in [0, 0.1) is 0 Å². The number of nitrogens with one attached hydrogen (secondary N) is 2. The topological polar surface area (TPSA) is 52.1 Å². The lowest BCUT2D eigenvalue weighted by Crippen LogP contribution is -2.58. The molecule has 0 spiro atoms. The first-order valence-electron chi connectivity index (χ1n) is 9.43. The minimum Gasteiger partial charge on any atom is -0.381 e. The van der Waals surface area contributed by atoms with Gasteiger partial charge in [0.15, 0.2) is 5.96 Å². The van der Waals surface area contributed by atoms with Gasteiger partial charge in [0.2, 0.25) is 0 Å². The van der Waals surface area contributed by atoms with E-state index in [0.717, 1.165) is 38.6 Å². The van der Waals surface area contributed by atoms with Gasteiger partial charge in [0, 0.05) is 57.5 Å². The number of ether oxygens (including phenoxy) is 1. The molecular weight excluding hydrogens is 429 g/mol. The zero-order valence-corrected chi connectivity index (χ0v) is 19.0. The van der Waals surface area contributed by atoms with Crippen LogP contribution in [0.25, 0.3) is 0 Å². The van der Waals surface area contributed by atoms with E-state index < -0.39 is 0 Å². The van der Waals surface area contributed by atoms with E-state index in [2.05, 4.69) is 53.4 Å². The molecule has 0 aromatic carbocycles. The van der Waals surface area contributed by atoms with E-state index in [-0.39, 0.29) is 29.5 Å². The molecule has 0 unspecified atom stereocenters. The smallest absolute Gasteiger partial charge is 0.191 e. The van der Waals surface area contributed by atoms with Crippen molar-refractivity contribution in [2.24, 2.45) is 4.99 Å². The van der Waals surface area contributed by atoms with Crippen LogP contribution in [-0.4, -0.2) is 87.4 Å². The predicted octanol–water partition coefficient (Wildman–Crippen LogP) is 1.75. The van der Waals surface area contributed by atoms with Crippen LogP contribution in [-0.2, 0) is 4.74 Å². The fraction of sp³-hybridized carbons (Fsp3) is 0.944. The standard InChI is InChI=1S/C18H37N5O.HI/c1-15(2)23-10-6-16(7-11-23)21-17(19-3)20-14-18(22(4)5)8-12-24-13-9-18;/h15-16H,6-14H2,1-5H3,(H2,19,20,21);1H. The van der Waals surface area contributed by atoms with Gasteiger partial charge < -0.3 is 25.2 Å². The number of piperidine rings is 1. The Hall–Kier alpha value is -0.120. The maximum absolute atomic E-state index is 5.55. The molecule has 2 aliphatic rings. The maximum atomic E-state index is 5.55. The van der Waals surface area contributed by atoms with E-state index in [9.17, 15) is 0 Å². The van der Waals surface area contributed by atoms with Crippen LogP contribution in [0.2, 0.25) is 0 Å². The Bertz CT molecular complexity index is 402. The van der Waals surface area contributed by atoms with Gasteiger partial charge in [0.1, 0.15) is 0 Å². The number of guanidine groups is 1. The van der Waals surface area contributed by atoms with Crippen LogP contribution < -0.4 is 10.6 Å². The molecule has 0 saturated carbocycles. The molecule has 7 heteroatoms. The number of hydrogen-bond donors (Lipinski definition) is 2. The summed E-state index contributed by atoms with van der Waals surface area (Å²) in [7, 11) is 6.21. The van der Waals surface area contributed by atoms with E-state index >= 15 is 0 Å². The maximum Gasteiger partial charge on any atom is 0.191 e. The molecule has 2 N–H and O–H groups in total. The number of halogens is 1. The van der Waals surface area contributed by atoms with Crippen molar-refractivity contribution in [2.45, 2.75) is 57.2 Å². The van der Waals surface area contributed by atoms with Crippen LogP contribution in [0.4, 0.5) is 0 Å². The first kappa shape index (κ1) is 22.9.